The Labute approximate surface area is 126 Å². The van der Waals surface area contributed by atoms with Crippen LogP contribution in [-0.4, -0.2) is 50.3 Å². The molecule has 2 heterocycles. The molecule has 112 valence electrons. The largest absolute Gasteiger partial charge is 0.481 e. The molecule has 0 aliphatic carbocycles. The molecule has 0 saturated heterocycles. The Morgan fingerprint density at radius 2 is 2.29 bits per heavy atom. The van der Waals surface area contributed by atoms with E-state index in [2.05, 4.69) is 15.2 Å². The lowest BCUT2D eigenvalue weighted by molar-refractivity contribution is -0.133. The second-order valence-electron chi connectivity index (χ2n) is 4.27. The molecule has 2 rings (SSSR count). The van der Waals surface area contributed by atoms with Crippen molar-refractivity contribution in [2.75, 3.05) is 19.5 Å². The van der Waals surface area contributed by atoms with Crippen molar-refractivity contribution in [3.8, 4) is 11.4 Å². The topological polar surface area (TPSA) is 90.1 Å². The van der Waals surface area contributed by atoms with Gasteiger partial charge in [0, 0.05) is 24.6 Å². The van der Waals surface area contributed by atoms with Crippen LogP contribution in [0.1, 0.15) is 5.69 Å². The van der Waals surface area contributed by atoms with Gasteiger partial charge >= 0.3 is 5.97 Å². The normalized spacial score (nSPS) is 10.8. The zero-order valence-corrected chi connectivity index (χ0v) is 12.6. The Bertz CT molecular complexity index is 630. The predicted molar refractivity (Wildman–Crippen MR) is 78.2 cm³/mol. The van der Waals surface area contributed by atoms with Crippen LogP contribution in [0.3, 0.4) is 0 Å². The molecule has 1 N–H and O–H groups in total. The van der Waals surface area contributed by atoms with E-state index in [9.17, 15) is 4.79 Å². The van der Waals surface area contributed by atoms with E-state index in [1.165, 1.54) is 0 Å². The van der Waals surface area contributed by atoms with Crippen LogP contribution in [0.4, 0.5) is 0 Å². The minimum atomic E-state index is -0.889. The summed E-state index contributed by atoms with van der Waals surface area (Å²) in [6.07, 6.45) is 1.72. The van der Waals surface area contributed by atoms with Gasteiger partial charge in [0.05, 0.1) is 18.9 Å². The number of methoxy groups -OCH3 is 1. The summed E-state index contributed by atoms with van der Waals surface area (Å²) in [6, 6.07) is 3.75. The lowest BCUT2D eigenvalue weighted by atomic mass is 10.2. The molecule has 8 heteroatoms. The fourth-order valence-corrected chi connectivity index (χ4v) is 2.51. The van der Waals surface area contributed by atoms with Crippen molar-refractivity contribution in [2.24, 2.45) is 0 Å². The summed E-state index contributed by atoms with van der Waals surface area (Å²) in [7, 11) is 1.61. The van der Waals surface area contributed by atoms with Crippen molar-refractivity contribution in [3.63, 3.8) is 0 Å². The molecule has 2 aromatic rings. The zero-order chi connectivity index (χ0) is 15.2. The Hall–Kier alpha value is -1.93. The number of ether oxygens (including phenoxy) is 1. The number of aryl methyl sites for hydroxylation is 1. The molecule has 0 amide bonds. The molecular formula is C13H16N4O3S. The molecule has 21 heavy (non-hydrogen) atoms. The highest BCUT2D eigenvalue weighted by atomic mass is 32.2. The van der Waals surface area contributed by atoms with Crippen LogP contribution in [0.2, 0.25) is 0 Å². The number of rotatable bonds is 7. The van der Waals surface area contributed by atoms with Crippen LogP contribution in [-0.2, 0) is 16.1 Å². The van der Waals surface area contributed by atoms with Crippen molar-refractivity contribution in [1.82, 2.24) is 19.7 Å². The highest BCUT2D eigenvalue weighted by molar-refractivity contribution is 7.99. The average Bonchev–Trinajstić information content (AvgIpc) is 2.86. The van der Waals surface area contributed by atoms with Gasteiger partial charge < -0.3 is 9.84 Å². The quantitative estimate of drug-likeness (QED) is 0.775. The fourth-order valence-electron chi connectivity index (χ4n) is 1.83. The van der Waals surface area contributed by atoms with Crippen molar-refractivity contribution < 1.29 is 14.6 Å². The first-order valence-electron chi connectivity index (χ1n) is 6.32. The van der Waals surface area contributed by atoms with Gasteiger partial charge in [-0.1, -0.05) is 11.8 Å². The second-order valence-corrected chi connectivity index (χ2v) is 5.21. The van der Waals surface area contributed by atoms with Gasteiger partial charge in [-0.15, -0.1) is 10.2 Å². The Morgan fingerprint density at radius 1 is 1.48 bits per heavy atom. The summed E-state index contributed by atoms with van der Waals surface area (Å²) >= 11 is 1.14. The van der Waals surface area contributed by atoms with Gasteiger partial charge in [-0.25, -0.2) is 0 Å². The maximum absolute atomic E-state index is 10.7. The SMILES string of the molecule is COCCn1c(SCC(=O)O)nnc1-c1cccnc1C. The minimum Gasteiger partial charge on any atom is -0.481 e. The summed E-state index contributed by atoms with van der Waals surface area (Å²) < 4.78 is 6.96. The van der Waals surface area contributed by atoms with Crippen LogP contribution < -0.4 is 0 Å². The first kappa shape index (κ1) is 15.5. The van der Waals surface area contributed by atoms with Gasteiger partial charge in [-0.2, -0.15) is 0 Å². The van der Waals surface area contributed by atoms with Gasteiger partial charge in [-0.3, -0.25) is 14.3 Å². The first-order chi connectivity index (χ1) is 10.1. The number of carboxylic acid groups (broad SMARTS) is 1. The van der Waals surface area contributed by atoms with Crippen LogP contribution >= 0.6 is 11.8 Å². The van der Waals surface area contributed by atoms with E-state index in [-0.39, 0.29) is 5.75 Å². The molecule has 2 aromatic heterocycles. The lowest BCUT2D eigenvalue weighted by Crippen LogP contribution is -2.09. The lowest BCUT2D eigenvalue weighted by Gasteiger charge is -2.10. The summed E-state index contributed by atoms with van der Waals surface area (Å²) in [5.41, 5.74) is 1.72. The molecule has 0 aromatic carbocycles. The zero-order valence-electron chi connectivity index (χ0n) is 11.8. The number of hydrogen-bond acceptors (Lipinski definition) is 6. The number of aromatic nitrogens is 4. The summed E-state index contributed by atoms with van der Waals surface area (Å²) in [5, 5.41) is 17.6. The molecule has 0 saturated carbocycles. The number of nitrogens with zero attached hydrogens (tertiary/aromatic N) is 4. The molecule has 0 unspecified atom stereocenters. The number of pyridine rings is 1. The third-order valence-corrected chi connectivity index (χ3v) is 3.76. The molecule has 0 aliphatic heterocycles. The van der Waals surface area contributed by atoms with E-state index in [0.717, 1.165) is 23.0 Å². The average molecular weight is 308 g/mol. The molecule has 0 radical (unpaired) electrons. The highest BCUT2D eigenvalue weighted by Crippen LogP contribution is 2.25. The fraction of sp³-hybridized carbons (Fsp3) is 0.385. The number of hydrogen-bond donors (Lipinski definition) is 1. The minimum absolute atomic E-state index is 0.0584. The Kier molecular flexibility index (Phi) is 5.29. The van der Waals surface area contributed by atoms with Gasteiger partial charge in [0.15, 0.2) is 11.0 Å². The van der Waals surface area contributed by atoms with Crippen molar-refractivity contribution in [3.05, 3.63) is 24.0 Å². The molecule has 0 atom stereocenters. The van der Waals surface area contributed by atoms with E-state index in [1.54, 1.807) is 13.3 Å². The van der Waals surface area contributed by atoms with Crippen molar-refractivity contribution >= 4 is 17.7 Å². The van der Waals surface area contributed by atoms with Crippen LogP contribution in [0.25, 0.3) is 11.4 Å². The van der Waals surface area contributed by atoms with Crippen LogP contribution in [0.15, 0.2) is 23.5 Å². The first-order valence-corrected chi connectivity index (χ1v) is 7.30. The third kappa shape index (κ3) is 3.79. The standard InChI is InChI=1S/C13H16N4O3S/c1-9-10(4-3-5-14-9)12-15-16-13(21-8-11(18)19)17(12)6-7-20-2/h3-5H,6-8H2,1-2H3,(H,18,19). The van der Waals surface area contributed by atoms with E-state index in [0.29, 0.717) is 24.1 Å². The van der Waals surface area contributed by atoms with Gasteiger partial charge in [0.2, 0.25) is 0 Å². The number of thioether (sulfide) groups is 1. The number of carboxylic acids is 1. The van der Waals surface area contributed by atoms with Crippen molar-refractivity contribution in [2.45, 2.75) is 18.6 Å². The van der Waals surface area contributed by atoms with Crippen LogP contribution in [0, 0.1) is 6.92 Å². The molecule has 0 fully saturated rings. The maximum atomic E-state index is 10.7. The number of carbonyl (C=O) groups is 1. The maximum Gasteiger partial charge on any atom is 0.313 e. The second kappa shape index (κ2) is 7.19. The van der Waals surface area contributed by atoms with E-state index < -0.39 is 5.97 Å². The van der Waals surface area contributed by atoms with E-state index in [4.69, 9.17) is 9.84 Å². The number of aliphatic carboxylic acids is 1. The van der Waals surface area contributed by atoms with Gasteiger partial charge in [0.1, 0.15) is 0 Å². The molecule has 0 spiro atoms. The van der Waals surface area contributed by atoms with Crippen molar-refractivity contribution in [1.29, 1.82) is 0 Å². The summed E-state index contributed by atoms with van der Waals surface area (Å²) in [4.78, 5) is 15.0. The Balaban J connectivity index is 2.36. The monoisotopic (exact) mass is 308 g/mol. The van der Waals surface area contributed by atoms with Crippen LogP contribution in [0.5, 0.6) is 0 Å². The van der Waals surface area contributed by atoms with E-state index >= 15 is 0 Å². The molecule has 0 aliphatic rings. The molecule has 0 bridgehead atoms. The summed E-state index contributed by atoms with van der Waals surface area (Å²) in [5.74, 6) is -0.275. The smallest absolute Gasteiger partial charge is 0.313 e. The van der Waals surface area contributed by atoms with Gasteiger partial charge in [0.25, 0.3) is 0 Å². The highest BCUT2D eigenvalue weighted by Gasteiger charge is 2.16. The Morgan fingerprint density at radius 3 is 2.95 bits per heavy atom. The molecule has 7 nitrogen and oxygen atoms in total. The van der Waals surface area contributed by atoms with E-state index in [1.807, 2.05) is 23.6 Å². The summed E-state index contributed by atoms with van der Waals surface area (Å²) in [6.45, 7) is 2.94. The predicted octanol–water partition coefficient (Wildman–Crippen LogP) is 1.47. The molecular weight excluding hydrogens is 292 g/mol. The third-order valence-electron chi connectivity index (χ3n) is 2.81. The van der Waals surface area contributed by atoms with Gasteiger partial charge in [-0.05, 0) is 19.1 Å².